The number of ether oxygens (including phenoxy) is 3. The number of aromatic nitrogens is 17. The summed E-state index contributed by atoms with van der Waals surface area (Å²) >= 11 is 0. The lowest BCUT2D eigenvalue weighted by Crippen LogP contribution is -2.50. The fraction of sp³-hybridized carbons (Fsp3) is 0.291. The molecule has 0 atom stereocenters. The Labute approximate surface area is 802 Å². The fourth-order valence-electron chi connectivity index (χ4n) is 16.3. The van der Waals surface area contributed by atoms with E-state index in [-0.39, 0.29) is 79.0 Å². The molecule has 8 aromatic heterocycles. The molecule has 4 aliphatic rings. The van der Waals surface area contributed by atoms with Crippen LogP contribution >= 0.6 is 0 Å². The number of benzene rings is 7. The van der Waals surface area contributed by atoms with Crippen LogP contribution in [-0.2, 0) is 51.8 Å². The average Bonchev–Trinajstić information content (AvgIpc) is 1.67. The first-order valence-corrected chi connectivity index (χ1v) is 46.2. The zero-order chi connectivity index (χ0) is 96.8. The lowest BCUT2D eigenvalue weighted by Gasteiger charge is -2.35. The molecule has 0 saturated carbocycles. The molecule has 7 aromatic carbocycles. The van der Waals surface area contributed by atoms with Gasteiger partial charge in [0.15, 0.2) is 40.8 Å². The Morgan fingerprint density at radius 2 is 0.698 bits per heavy atom. The quantitative estimate of drug-likeness (QED) is 0.0480. The van der Waals surface area contributed by atoms with Crippen molar-refractivity contribution in [3.8, 4) is 97.0 Å². The molecule has 36 heteroatoms. The van der Waals surface area contributed by atoms with E-state index in [0.29, 0.717) is 167 Å². The first-order chi connectivity index (χ1) is 67.6. The normalized spacial score (nSPS) is 13.8. The van der Waals surface area contributed by atoms with Gasteiger partial charge in [-0.25, -0.2) is 81.1 Å². The van der Waals surface area contributed by atoms with Gasteiger partial charge in [-0.1, -0.05) is 63.2 Å². The van der Waals surface area contributed by atoms with Gasteiger partial charge in [0.25, 0.3) is 0 Å². The van der Waals surface area contributed by atoms with E-state index in [0.717, 1.165) is 76.7 Å². The molecule has 0 radical (unpaired) electrons. The minimum Gasteiger partial charge on any atom is -0.497 e. The van der Waals surface area contributed by atoms with Gasteiger partial charge in [-0.2, -0.15) is 5.10 Å². The van der Waals surface area contributed by atoms with Gasteiger partial charge in [-0.3, -0.25) is 19.2 Å². The van der Waals surface area contributed by atoms with E-state index in [2.05, 4.69) is 110 Å². The number of hydrogen-bond acceptors (Lipinski definition) is 24. The molecule has 4 aliphatic heterocycles. The largest absolute Gasteiger partial charge is 0.497 e. The second-order valence-electron chi connectivity index (χ2n) is 33.6. The number of carbonyl (C=O) groups excluding carboxylic acids is 4. The standard InChI is InChI=1S/C27H26F2N6O2.C27H26F2N6O.C27H28N6O2.C22H27N7O2/c1-2-37-23-11-12-30-24(17-23)33-13-15-34(16-14-33)25(36)18-35-27(20-5-9-22(29)10-6-20)31-26(32-35)19-3-7-21(28)8-4-19;1-2-19-11-12-30-24(17-19)33-13-15-34(16-14-33)25(36)18-35-27(21-5-9-23(29)10-6-21)31-26(32-35)20-3-7-22(28)8-4-20;1-20-12-13-28-24(18-20)31-14-16-32(17-15-31)25(34)19-33-27(22-6-4-3-5-7-22)29-26(30-33)21-8-10-23(35-2)11-9-21;1-16(2)21-25-20(17-6-4-7-18(14-17)31-3)26-29(21)15-19(30)27-10-12-28(13-11-27)22-23-8-5-9-24-22/h3-12,17H,2,13-16,18H2,1H3;3-12,17H,2,13-16,18H2,1H3;3-13,18H,14-17,19H2,1-2H3;4-9,14,16H,10-13,15H2,1-3H3. The monoisotopic (exact) mass is 1880 g/mol. The molecule has 12 heterocycles. The van der Waals surface area contributed by atoms with Crippen LogP contribution in [-0.4, -0.2) is 253 Å². The first-order valence-electron chi connectivity index (χ1n) is 46.2. The molecule has 32 nitrogen and oxygen atoms in total. The summed E-state index contributed by atoms with van der Waals surface area (Å²) in [4.78, 5) is 109. The first kappa shape index (κ1) is 96.0. The highest BCUT2D eigenvalue weighted by Crippen LogP contribution is 2.32. The van der Waals surface area contributed by atoms with Crippen LogP contribution in [0.2, 0.25) is 0 Å². The number of pyridine rings is 3. The van der Waals surface area contributed by atoms with Gasteiger partial charge in [0.2, 0.25) is 29.6 Å². The summed E-state index contributed by atoms with van der Waals surface area (Å²) < 4.78 is 76.5. The molecule has 4 amide bonds. The molecule has 139 heavy (non-hydrogen) atoms. The van der Waals surface area contributed by atoms with Crippen LogP contribution in [0, 0.1) is 30.2 Å². The van der Waals surface area contributed by atoms with Crippen LogP contribution in [0.5, 0.6) is 17.2 Å². The number of piperazine rings is 4. The number of amides is 4. The Morgan fingerprint density at radius 3 is 1.12 bits per heavy atom. The summed E-state index contributed by atoms with van der Waals surface area (Å²) in [6, 6.07) is 62.2. The summed E-state index contributed by atoms with van der Waals surface area (Å²) in [6.07, 6.45) is 9.79. The highest BCUT2D eigenvalue weighted by molar-refractivity contribution is 5.80. The Kier molecular flexibility index (Phi) is 31.4. The number of hydrogen-bond donors (Lipinski definition) is 0. The molecule has 714 valence electrons. The predicted molar refractivity (Wildman–Crippen MR) is 520 cm³/mol. The lowest BCUT2D eigenvalue weighted by atomic mass is 10.2. The maximum atomic E-state index is 13.5. The van der Waals surface area contributed by atoms with Crippen molar-refractivity contribution in [3.63, 3.8) is 0 Å². The van der Waals surface area contributed by atoms with Gasteiger partial charge in [0.1, 0.15) is 90.0 Å². The van der Waals surface area contributed by atoms with Gasteiger partial charge in [0, 0.05) is 187 Å². The molecule has 19 rings (SSSR count). The number of anilines is 4. The molecular weight excluding hydrogens is 1780 g/mol. The van der Waals surface area contributed by atoms with Crippen molar-refractivity contribution in [2.75, 3.05) is 145 Å². The maximum Gasteiger partial charge on any atom is 0.244 e. The molecule has 4 fully saturated rings. The average molecular weight is 1880 g/mol. The lowest BCUT2D eigenvalue weighted by molar-refractivity contribution is -0.133. The fourth-order valence-corrected chi connectivity index (χ4v) is 16.3. The van der Waals surface area contributed by atoms with Gasteiger partial charge in [-0.05, 0) is 201 Å². The highest BCUT2D eigenvalue weighted by Gasteiger charge is 2.31. The molecular formula is C103H107F4N25O7. The third-order valence-corrected chi connectivity index (χ3v) is 24.0. The number of nitrogens with zero attached hydrogens (tertiary/aromatic N) is 25. The third-order valence-electron chi connectivity index (χ3n) is 24.0. The van der Waals surface area contributed by atoms with Gasteiger partial charge >= 0.3 is 0 Å². The Bertz CT molecular complexity index is 6630. The molecule has 0 N–H and O–H groups in total. The van der Waals surface area contributed by atoms with Crippen molar-refractivity contribution in [3.05, 3.63) is 290 Å². The van der Waals surface area contributed by atoms with E-state index >= 15 is 0 Å². The van der Waals surface area contributed by atoms with Crippen molar-refractivity contribution < 1.29 is 51.0 Å². The van der Waals surface area contributed by atoms with Crippen LogP contribution in [0.3, 0.4) is 0 Å². The number of aryl methyl sites for hydroxylation is 2. The van der Waals surface area contributed by atoms with Crippen molar-refractivity contribution in [2.45, 2.75) is 73.1 Å². The Hall–Kier alpha value is -16.2. The predicted octanol–water partition coefficient (Wildman–Crippen LogP) is 14.1. The topological polar surface area (TPSA) is 309 Å². The van der Waals surface area contributed by atoms with E-state index in [9.17, 15) is 36.7 Å². The van der Waals surface area contributed by atoms with E-state index in [1.165, 1.54) is 69.0 Å². The number of methoxy groups -OCH3 is 2. The summed E-state index contributed by atoms with van der Waals surface area (Å²) in [5.41, 5.74) is 7.57. The Morgan fingerprint density at radius 1 is 0.331 bits per heavy atom. The minimum absolute atomic E-state index is 0.00945. The second-order valence-corrected chi connectivity index (χ2v) is 33.6. The van der Waals surface area contributed by atoms with Crippen molar-refractivity contribution >= 4 is 47.0 Å². The van der Waals surface area contributed by atoms with Crippen molar-refractivity contribution in [2.24, 2.45) is 0 Å². The van der Waals surface area contributed by atoms with Crippen molar-refractivity contribution in [1.82, 2.24) is 104 Å². The summed E-state index contributed by atoms with van der Waals surface area (Å²) in [7, 11) is 3.27. The molecule has 0 bridgehead atoms. The van der Waals surface area contributed by atoms with Crippen LogP contribution in [0.1, 0.15) is 50.6 Å². The number of halogens is 4. The zero-order valence-corrected chi connectivity index (χ0v) is 78.4. The van der Waals surface area contributed by atoms with E-state index in [1.807, 2.05) is 137 Å². The molecule has 0 spiro atoms. The van der Waals surface area contributed by atoms with E-state index in [4.69, 9.17) is 29.3 Å². The summed E-state index contributed by atoms with van der Waals surface area (Å²) in [5, 5.41) is 18.5. The molecule has 4 saturated heterocycles. The van der Waals surface area contributed by atoms with Crippen LogP contribution in [0.15, 0.2) is 249 Å². The van der Waals surface area contributed by atoms with Crippen LogP contribution in [0.25, 0.3) is 79.7 Å². The molecule has 0 unspecified atom stereocenters. The molecule has 15 aromatic rings. The minimum atomic E-state index is -0.371. The zero-order valence-electron chi connectivity index (χ0n) is 78.4. The van der Waals surface area contributed by atoms with E-state index in [1.54, 1.807) is 102 Å². The Balaban J connectivity index is 0.000000134. The third kappa shape index (κ3) is 24.6. The van der Waals surface area contributed by atoms with Gasteiger partial charge < -0.3 is 53.4 Å². The summed E-state index contributed by atoms with van der Waals surface area (Å²) in [6.45, 7) is 21.4. The van der Waals surface area contributed by atoms with Crippen LogP contribution < -0.4 is 33.8 Å². The highest BCUT2D eigenvalue weighted by atomic mass is 19.1. The number of rotatable bonds is 25. The number of carbonyl (C=O) groups is 4. The molecule has 0 aliphatic carbocycles. The maximum absolute atomic E-state index is 13.5. The smallest absolute Gasteiger partial charge is 0.244 e. The second kappa shape index (κ2) is 45.4. The van der Waals surface area contributed by atoms with Crippen LogP contribution in [0.4, 0.5) is 41.0 Å². The van der Waals surface area contributed by atoms with Crippen molar-refractivity contribution in [1.29, 1.82) is 0 Å². The van der Waals surface area contributed by atoms with Gasteiger partial charge in [-0.15, -0.1) is 15.3 Å². The SMILES string of the molecule is CCOc1ccnc(N2CCN(C(=O)Cn3nc(-c4ccc(F)cc4)nc3-c3ccc(F)cc3)CC2)c1.CCc1ccnc(N2CCN(C(=O)Cn3nc(-c4ccc(F)cc4)nc3-c3ccc(F)cc3)CC2)c1.COc1ccc(-c2nc(-c3ccccc3)n(CC(=O)N3CCN(c4cc(C)ccn4)CC3)n2)cc1.COc1cccc(-c2nc(C(C)C)n(CC(=O)N3CCN(c4ncccn4)CC3)n2)c1. The summed E-state index contributed by atoms with van der Waals surface area (Å²) in [5.74, 6) is 8.52. The van der Waals surface area contributed by atoms with Gasteiger partial charge in [0.05, 0.1) is 20.8 Å². The van der Waals surface area contributed by atoms with E-state index < -0.39 is 0 Å².